The van der Waals surface area contributed by atoms with Crippen LogP contribution < -0.4 is 10.7 Å². The van der Waals surface area contributed by atoms with Crippen LogP contribution in [-0.2, 0) is 18.8 Å². The summed E-state index contributed by atoms with van der Waals surface area (Å²) in [5.74, 6) is -1.96. The summed E-state index contributed by atoms with van der Waals surface area (Å²) in [6.45, 7) is -0.0890. The second-order valence-electron chi connectivity index (χ2n) is 10.6. The van der Waals surface area contributed by atoms with Crippen molar-refractivity contribution in [1.29, 1.82) is 0 Å². The highest BCUT2D eigenvalue weighted by molar-refractivity contribution is 9.10. The summed E-state index contributed by atoms with van der Waals surface area (Å²) in [6.07, 6.45) is -9.84. The Balaban J connectivity index is 1.43. The predicted molar refractivity (Wildman–Crippen MR) is 157 cm³/mol. The lowest BCUT2D eigenvalue weighted by atomic mass is 9.91. The number of nitrogens with one attached hydrogen (secondary N) is 1. The lowest BCUT2D eigenvalue weighted by molar-refractivity contribution is -0.143. The molecular formula is C31H22BrClF6N2O4. The number of rotatable bonds is 5. The number of amides is 2. The molecule has 236 valence electrons. The summed E-state index contributed by atoms with van der Waals surface area (Å²) in [5, 5.41) is 3.49. The molecule has 2 amide bonds. The van der Waals surface area contributed by atoms with Gasteiger partial charge in [0.15, 0.2) is 11.2 Å². The fourth-order valence-electron chi connectivity index (χ4n) is 5.28. The van der Waals surface area contributed by atoms with Gasteiger partial charge in [0, 0.05) is 39.8 Å². The van der Waals surface area contributed by atoms with Gasteiger partial charge in [0.1, 0.15) is 5.58 Å². The molecule has 6 nitrogen and oxygen atoms in total. The Morgan fingerprint density at radius 1 is 0.933 bits per heavy atom. The molecule has 14 heteroatoms. The van der Waals surface area contributed by atoms with Crippen LogP contribution in [0.15, 0.2) is 80.4 Å². The number of piperidine rings is 1. The van der Waals surface area contributed by atoms with Gasteiger partial charge in [-0.15, -0.1) is 0 Å². The van der Waals surface area contributed by atoms with Crippen LogP contribution in [0, 0.1) is 0 Å². The second kappa shape index (κ2) is 12.5. The predicted octanol–water partition coefficient (Wildman–Crippen LogP) is 7.89. The van der Waals surface area contributed by atoms with Crippen molar-refractivity contribution in [3.8, 4) is 0 Å². The number of halogens is 8. The topological polar surface area (TPSA) is 79.6 Å². The summed E-state index contributed by atoms with van der Waals surface area (Å²) in [4.78, 5) is 40.5. The molecule has 1 aromatic heterocycles. The van der Waals surface area contributed by atoms with E-state index in [0.29, 0.717) is 27.2 Å². The highest BCUT2D eigenvalue weighted by Gasteiger charge is 2.39. The van der Waals surface area contributed by atoms with Gasteiger partial charge in [-0.2, -0.15) is 26.3 Å². The lowest BCUT2D eigenvalue weighted by Gasteiger charge is -2.40. The zero-order valence-corrected chi connectivity index (χ0v) is 25.3. The van der Waals surface area contributed by atoms with E-state index in [4.69, 9.17) is 16.0 Å². The van der Waals surface area contributed by atoms with E-state index in [1.807, 2.05) is 0 Å². The Bertz CT molecular complexity index is 1790. The first-order valence-corrected chi connectivity index (χ1v) is 14.6. The maximum atomic E-state index is 13.6. The van der Waals surface area contributed by atoms with E-state index in [0.717, 1.165) is 6.07 Å². The molecule has 0 unspecified atom stereocenters. The van der Waals surface area contributed by atoms with Gasteiger partial charge >= 0.3 is 12.4 Å². The van der Waals surface area contributed by atoms with Crippen LogP contribution in [-0.4, -0.2) is 35.3 Å². The minimum atomic E-state index is -5.12. The van der Waals surface area contributed by atoms with Crippen molar-refractivity contribution in [3.63, 3.8) is 0 Å². The van der Waals surface area contributed by atoms with Gasteiger partial charge in [-0.25, -0.2) is 0 Å². The number of fused-ring (bicyclic) bond motifs is 1. The van der Waals surface area contributed by atoms with Crippen LogP contribution in [0.4, 0.5) is 26.3 Å². The molecule has 1 aliphatic rings. The number of hydrogen-bond donors (Lipinski definition) is 1. The number of hydrogen-bond acceptors (Lipinski definition) is 4. The maximum Gasteiger partial charge on any atom is 0.416 e. The maximum absolute atomic E-state index is 13.6. The SMILES string of the molecule is O=C(N[C@H]1CCN(C(=O)c2cc(C(F)(F)F)cc(C(F)(F)F)c2)[C@H](Cc2ccc(Cl)cc2)C1)c1cc(=O)c2ccc(Br)cc2o1. The Morgan fingerprint density at radius 2 is 1.58 bits per heavy atom. The van der Waals surface area contributed by atoms with E-state index in [1.165, 1.54) is 11.0 Å². The molecule has 45 heavy (non-hydrogen) atoms. The molecule has 1 saturated heterocycles. The summed E-state index contributed by atoms with van der Waals surface area (Å²) < 4.78 is 87.3. The van der Waals surface area contributed by atoms with Gasteiger partial charge in [0.2, 0.25) is 0 Å². The standard InChI is InChI=1S/C31H22BrClF6N2O4/c32-20-3-6-24-25(42)15-27(45-26(24)13-20)28(43)40-22-7-8-41(23(14-22)9-16-1-4-21(33)5-2-16)29(44)17-10-18(30(34,35)36)12-19(11-17)31(37,38)39/h1-6,10-13,15,22-23H,7-9,14H2,(H,40,43)/t22-,23+/m0/s1. The molecule has 0 radical (unpaired) electrons. The van der Waals surface area contributed by atoms with E-state index in [9.17, 15) is 40.7 Å². The molecule has 1 aliphatic heterocycles. The van der Waals surface area contributed by atoms with Gasteiger partial charge in [-0.05, 0) is 73.4 Å². The smallest absolute Gasteiger partial charge is 0.416 e. The van der Waals surface area contributed by atoms with Gasteiger partial charge in [0.05, 0.1) is 16.5 Å². The highest BCUT2D eigenvalue weighted by Crippen LogP contribution is 2.37. The van der Waals surface area contributed by atoms with Crippen molar-refractivity contribution in [1.82, 2.24) is 10.2 Å². The average Bonchev–Trinajstić information content (AvgIpc) is 2.96. The number of carbonyl (C=O) groups is 2. The molecule has 2 atom stereocenters. The third-order valence-electron chi connectivity index (χ3n) is 7.45. The molecule has 1 N–H and O–H groups in total. The molecule has 0 saturated carbocycles. The van der Waals surface area contributed by atoms with Gasteiger partial charge in [0.25, 0.3) is 11.8 Å². The van der Waals surface area contributed by atoms with Crippen LogP contribution in [0.3, 0.4) is 0 Å². The number of likely N-dealkylation sites (tertiary alicyclic amines) is 1. The van der Waals surface area contributed by atoms with E-state index in [-0.39, 0.29) is 48.6 Å². The molecule has 1 fully saturated rings. The normalized spacial score (nSPS) is 17.4. The molecule has 3 aromatic carbocycles. The quantitative estimate of drug-likeness (QED) is 0.213. The minimum absolute atomic E-state index is 0.0341. The first kappa shape index (κ1) is 32.6. The van der Waals surface area contributed by atoms with Crippen LogP contribution in [0.5, 0.6) is 0 Å². The summed E-state index contributed by atoms with van der Waals surface area (Å²) in [7, 11) is 0. The fourth-order valence-corrected chi connectivity index (χ4v) is 5.74. The van der Waals surface area contributed by atoms with E-state index < -0.39 is 58.4 Å². The monoisotopic (exact) mass is 714 g/mol. The van der Waals surface area contributed by atoms with Crippen molar-refractivity contribution in [2.75, 3.05) is 6.54 Å². The molecule has 0 bridgehead atoms. The number of alkyl halides is 6. The first-order chi connectivity index (χ1) is 21.1. The summed E-state index contributed by atoms with van der Waals surface area (Å²) >= 11 is 9.27. The Hall–Kier alpha value is -3.84. The van der Waals surface area contributed by atoms with Crippen molar-refractivity contribution in [2.24, 2.45) is 0 Å². The van der Waals surface area contributed by atoms with Gasteiger partial charge < -0.3 is 14.6 Å². The molecule has 2 heterocycles. The highest BCUT2D eigenvalue weighted by atomic mass is 79.9. The van der Waals surface area contributed by atoms with Crippen LogP contribution in [0.1, 0.15) is 50.4 Å². The third-order valence-corrected chi connectivity index (χ3v) is 8.19. The average molecular weight is 716 g/mol. The van der Waals surface area contributed by atoms with E-state index in [2.05, 4.69) is 21.2 Å². The first-order valence-electron chi connectivity index (χ1n) is 13.5. The van der Waals surface area contributed by atoms with Crippen LogP contribution >= 0.6 is 27.5 Å². The molecular weight excluding hydrogens is 694 g/mol. The minimum Gasteiger partial charge on any atom is -0.451 e. The van der Waals surface area contributed by atoms with E-state index in [1.54, 1.807) is 36.4 Å². The van der Waals surface area contributed by atoms with Crippen molar-refractivity contribution < 1.29 is 40.3 Å². The van der Waals surface area contributed by atoms with E-state index >= 15 is 0 Å². The van der Waals surface area contributed by atoms with Crippen molar-refractivity contribution in [3.05, 3.63) is 114 Å². The zero-order valence-electron chi connectivity index (χ0n) is 22.9. The Labute approximate surface area is 265 Å². The lowest BCUT2D eigenvalue weighted by Crippen LogP contribution is -2.52. The number of benzene rings is 3. The largest absolute Gasteiger partial charge is 0.451 e. The Morgan fingerprint density at radius 3 is 2.20 bits per heavy atom. The molecule has 0 spiro atoms. The fraction of sp³-hybridized carbons (Fsp3) is 0.258. The number of carbonyl (C=O) groups excluding carboxylic acids is 2. The third kappa shape index (κ3) is 7.52. The van der Waals surface area contributed by atoms with Gasteiger partial charge in [-0.1, -0.05) is 39.7 Å². The number of nitrogens with zero attached hydrogens (tertiary/aromatic N) is 1. The van der Waals surface area contributed by atoms with Crippen molar-refractivity contribution >= 4 is 50.3 Å². The second-order valence-corrected chi connectivity index (χ2v) is 11.9. The molecule has 4 aromatic rings. The Kier molecular flexibility index (Phi) is 9.05. The van der Waals surface area contributed by atoms with Crippen molar-refractivity contribution in [2.45, 2.75) is 43.7 Å². The summed E-state index contributed by atoms with van der Waals surface area (Å²) in [6, 6.07) is 11.8. The van der Waals surface area contributed by atoms with Gasteiger partial charge in [-0.3, -0.25) is 14.4 Å². The van der Waals surface area contributed by atoms with Crippen LogP contribution in [0.2, 0.25) is 5.02 Å². The zero-order chi connectivity index (χ0) is 32.7. The molecule has 5 rings (SSSR count). The summed E-state index contributed by atoms with van der Waals surface area (Å²) in [5.41, 5.74) is -3.51. The van der Waals surface area contributed by atoms with Crippen LogP contribution in [0.25, 0.3) is 11.0 Å². The molecule has 0 aliphatic carbocycles.